The van der Waals surface area contributed by atoms with Gasteiger partial charge in [-0.15, -0.1) is 0 Å². The van der Waals surface area contributed by atoms with Crippen molar-refractivity contribution in [3.8, 4) is 0 Å². The van der Waals surface area contributed by atoms with Gasteiger partial charge in [-0.2, -0.15) is 0 Å². The van der Waals surface area contributed by atoms with E-state index in [2.05, 4.69) is 9.46 Å². The number of carboxylic acid groups (broad SMARTS) is 1. The van der Waals surface area contributed by atoms with Crippen molar-refractivity contribution in [1.82, 2.24) is 0 Å². The fourth-order valence-corrected chi connectivity index (χ4v) is 2.55. The number of nitrogens with one attached hydrogen (secondary N) is 1. The third-order valence-corrected chi connectivity index (χ3v) is 3.70. The molecule has 7 nitrogen and oxygen atoms in total. The van der Waals surface area contributed by atoms with Crippen molar-refractivity contribution in [2.75, 3.05) is 17.6 Å². The number of carbonyl (C=O) groups is 2. The molecule has 0 heterocycles. The molecule has 0 unspecified atom stereocenters. The molecule has 0 fully saturated rings. The van der Waals surface area contributed by atoms with Crippen molar-refractivity contribution in [3.05, 3.63) is 29.8 Å². The lowest BCUT2D eigenvalue weighted by Gasteiger charge is -2.11. The molecular weight excluding hydrogens is 286 g/mol. The predicted octanol–water partition coefficient (Wildman–Crippen LogP) is 0.618. The average Bonchev–Trinajstić information content (AvgIpc) is 2.37. The molecule has 1 aromatic carbocycles. The molecule has 0 aromatic heterocycles. The second-order valence-corrected chi connectivity index (χ2v) is 5.82. The lowest BCUT2D eigenvalue weighted by Crippen LogP contribution is -2.20. The quantitative estimate of drug-likeness (QED) is 0.714. The summed E-state index contributed by atoms with van der Waals surface area (Å²) in [5.41, 5.74) is 0.543. The lowest BCUT2D eigenvalue weighted by molar-refractivity contribution is -0.140. The molecule has 0 bridgehead atoms. The number of hydrogen-bond donors (Lipinski definition) is 2. The van der Waals surface area contributed by atoms with Gasteiger partial charge in [-0.05, 0) is 11.6 Å². The maximum atomic E-state index is 11.8. The topological polar surface area (TPSA) is 110 Å². The van der Waals surface area contributed by atoms with Gasteiger partial charge in [0, 0.05) is 0 Å². The summed E-state index contributed by atoms with van der Waals surface area (Å²) < 4.78 is 30.2. The Morgan fingerprint density at radius 3 is 2.55 bits per heavy atom. The molecule has 1 rings (SSSR count). The standard InChI is InChI=1S/C12H15NO6S/c1-19-12(16)6-7-20(17,18)13-10-5-3-2-4-9(10)8-11(14)15/h2-5,13H,6-8H2,1H3,(H,14,15). The Hall–Kier alpha value is -2.09. The van der Waals surface area contributed by atoms with E-state index in [4.69, 9.17) is 5.11 Å². The second-order valence-electron chi connectivity index (χ2n) is 3.97. The zero-order chi connectivity index (χ0) is 15.2. The molecule has 0 amide bonds. The minimum Gasteiger partial charge on any atom is -0.481 e. The van der Waals surface area contributed by atoms with Crippen LogP contribution in [-0.2, 0) is 30.8 Å². The number of anilines is 1. The fraction of sp³-hybridized carbons (Fsp3) is 0.333. The number of sulfonamides is 1. The summed E-state index contributed by atoms with van der Waals surface area (Å²) in [6.45, 7) is 0. The average molecular weight is 301 g/mol. The summed E-state index contributed by atoms with van der Waals surface area (Å²) in [4.78, 5) is 21.6. The van der Waals surface area contributed by atoms with Crippen LogP contribution >= 0.6 is 0 Å². The number of para-hydroxylation sites is 1. The lowest BCUT2D eigenvalue weighted by atomic mass is 10.1. The number of carboxylic acids is 1. The van der Waals surface area contributed by atoms with Crippen molar-refractivity contribution < 1.29 is 27.9 Å². The van der Waals surface area contributed by atoms with E-state index in [1.165, 1.54) is 19.2 Å². The molecule has 0 spiro atoms. The van der Waals surface area contributed by atoms with Crippen molar-refractivity contribution in [1.29, 1.82) is 0 Å². The first-order valence-corrected chi connectivity index (χ1v) is 7.36. The van der Waals surface area contributed by atoms with Crippen molar-refractivity contribution in [2.24, 2.45) is 0 Å². The Morgan fingerprint density at radius 2 is 1.95 bits per heavy atom. The number of rotatable bonds is 7. The second kappa shape index (κ2) is 6.90. The number of hydrogen-bond acceptors (Lipinski definition) is 5. The molecule has 0 aliphatic rings. The van der Waals surface area contributed by atoms with E-state index >= 15 is 0 Å². The molecular formula is C12H15NO6S. The normalized spacial score (nSPS) is 10.8. The number of benzene rings is 1. The third-order valence-electron chi connectivity index (χ3n) is 2.43. The molecule has 0 aliphatic carbocycles. The van der Waals surface area contributed by atoms with E-state index in [0.717, 1.165) is 0 Å². The van der Waals surface area contributed by atoms with Gasteiger partial charge in [0.1, 0.15) is 0 Å². The van der Waals surface area contributed by atoms with Gasteiger partial charge >= 0.3 is 11.9 Å². The van der Waals surface area contributed by atoms with E-state index in [-0.39, 0.29) is 18.5 Å². The van der Waals surface area contributed by atoms with Crippen LogP contribution in [0.4, 0.5) is 5.69 Å². The zero-order valence-corrected chi connectivity index (χ0v) is 11.6. The molecule has 2 N–H and O–H groups in total. The summed E-state index contributed by atoms with van der Waals surface area (Å²) in [5, 5.41) is 8.76. The van der Waals surface area contributed by atoms with Crippen molar-refractivity contribution >= 4 is 27.6 Å². The van der Waals surface area contributed by atoms with E-state index in [9.17, 15) is 18.0 Å². The molecule has 20 heavy (non-hydrogen) atoms. The molecule has 0 saturated carbocycles. The van der Waals surface area contributed by atoms with Crippen LogP contribution in [0.1, 0.15) is 12.0 Å². The van der Waals surface area contributed by atoms with E-state index < -0.39 is 27.7 Å². The minimum absolute atomic E-state index is 0.194. The number of ether oxygens (including phenoxy) is 1. The Bertz CT molecular complexity index is 596. The number of methoxy groups -OCH3 is 1. The van der Waals surface area contributed by atoms with Gasteiger partial charge < -0.3 is 9.84 Å². The monoisotopic (exact) mass is 301 g/mol. The SMILES string of the molecule is COC(=O)CCS(=O)(=O)Nc1ccccc1CC(=O)O. The van der Waals surface area contributed by atoms with Gasteiger partial charge in [-0.3, -0.25) is 14.3 Å². The maximum absolute atomic E-state index is 11.8. The Morgan fingerprint density at radius 1 is 1.30 bits per heavy atom. The highest BCUT2D eigenvalue weighted by molar-refractivity contribution is 7.92. The highest BCUT2D eigenvalue weighted by Crippen LogP contribution is 2.17. The van der Waals surface area contributed by atoms with Gasteiger partial charge in [0.15, 0.2) is 0 Å². The van der Waals surface area contributed by atoms with Crippen molar-refractivity contribution in [2.45, 2.75) is 12.8 Å². The van der Waals surface area contributed by atoms with Crippen LogP contribution in [0.2, 0.25) is 0 Å². The third kappa shape index (κ3) is 5.27. The highest BCUT2D eigenvalue weighted by Gasteiger charge is 2.16. The molecule has 0 saturated heterocycles. The Labute approximate surface area is 116 Å². The minimum atomic E-state index is -3.74. The molecule has 0 atom stereocenters. The molecule has 0 aliphatic heterocycles. The zero-order valence-electron chi connectivity index (χ0n) is 10.8. The molecule has 0 radical (unpaired) electrons. The number of esters is 1. The van der Waals surface area contributed by atoms with E-state index in [0.29, 0.717) is 5.56 Å². The van der Waals surface area contributed by atoms with Gasteiger partial charge in [0.05, 0.1) is 31.4 Å². The predicted molar refractivity (Wildman–Crippen MR) is 71.8 cm³/mol. The van der Waals surface area contributed by atoms with Crippen LogP contribution in [0.5, 0.6) is 0 Å². The van der Waals surface area contributed by atoms with Crippen LogP contribution in [0, 0.1) is 0 Å². The van der Waals surface area contributed by atoms with Crippen LogP contribution in [0.25, 0.3) is 0 Å². The highest BCUT2D eigenvalue weighted by atomic mass is 32.2. The smallest absolute Gasteiger partial charge is 0.307 e. The first kappa shape index (κ1) is 16.0. The van der Waals surface area contributed by atoms with Gasteiger partial charge in [-0.25, -0.2) is 8.42 Å². The van der Waals surface area contributed by atoms with Gasteiger partial charge in [-0.1, -0.05) is 18.2 Å². The van der Waals surface area contributed by atoms with Gasteiger partial charge in [0.25, 0.3) is 0 Å². The number of aliphatic carboxylic acids is 1. The largest absolute Gasteiger partial charge is 0.481 e. The molecule has 1 aromatic rings. The summed E-state index contributed by atoms with van der Waals surface area (Å²) in [6.07, 6.45) is -0.567. The Balaban J connectivity index is 2.81. The van der Waals surface area contributed by atoms with E-state index in [1.807, 2.05) is 0 Å². The van der Waals surface area contributed by atoms with Crippen LogP contribution in [-0.4, -0.2) is 38.3 Å². The first-order chi connectivity index (χ1) is 9.34. The summed E-state index contributed by atoms with van der Waals surface area (Å²) in [5.74, 6) is -2.12. The fourth-order valence-electron chi connectivity index (χ4n) is 1.48. The number of carbonyl (C=O) groups excluding carboxylic acids is 1. The van der Waals surface area contributed by atoms with Crippen LogP contribution in [0.15, 0.2) is 24.3 Å². The summed E-state index contributed by atoms with van der Waals surface area (Å²) >= 11 is 0. The van der Waals surface area contributed by atoms with Crippen LogP contribution in [0.3, 0.4) is 0 Å². The maximum Gasteiger partial charge on any atom is 0.307 e. The molecule has 8 heteroatoms. The first-order valence-electron chi connectivity index (χ1n) is 5.71. The van der Waals surface area contributed by atoms with Gasteiger partial charge in [0.2, 0.25) is 10.0 Å². The van der Waals surface area contributed by atoms with E-state index in [1.54, 1.807) is 12.1 Å². The van der Waals surface area contributed by atoms with Crippen molar-refractivity contribution in [3.63, 3.8) is 0 Å². The molecule has 110 valence electrons. The van der Waals surface area contributed by atoms with Crippen LogP contribution < -0.4 is 4.72 Å². The summed E-state index contributed by atoms with van der Waals surface area (Å²) in [7, 11) is -2.57. The summed E-state index contributed by atoms with van der Waals surface area (Å²) in [6, 6.07) is 6.19. The Kier molecular flexibility index (Phi) is 5.51.